The van der Waals surface area contributed by atoms with Crippen LogP contribution in [0.4, 0.5) is 0 Å². The summed E-state index contributed by atoms with van der Waals surface area (Å²) < 4.78 is 1.87. The van der Waals surface area contributed by atoms with E-state index in [-0.39, 0.29) is 5.56 Å². The van der Waals surface area contributed by atoms with Crippen molar-refractivity contribution in [3.63, 3.8) is 0 Å². The molecule has 0 unspecified atom stereocenters. The molecule has 2 nitrogen and oxygen atoms in total. The smallest absolute Gasteiger partial charge is 0.258 e. The first-order valence-corrected chi connectivity index (χ1v) is 7.15. The van der Waals surface area contributed by atoms with Crippen molar-refractivity contribution >= 4 is 0 Å². The Bertz CT molecular complexity index is 891. The molecule has 0 atom stereocenters. The highest BCUT2D eigenvalue weighted by atomic mass is 16.1. The van der Waals surface area contributed by atoms with E-state index in [4.69, 9.17) is 0 Å². The van der Waals surface area contributed by atoms with Gasteiger partial charge in [-0.25, -0.2) is 0 Å². The third-order valence-corrected chi connectivity index (χ3v) is 4.16. The zero-order valence-corrected chi connectivity index (χ0v) is 11.8. The van der Waals surface area contributed by atoms with Gasteiger partial charge in [0.15, 0.2) is 0 Å². The first kappa shape index (κ1) is 12.2. The van der Waals surface area contributed by atoms with E-state index in [1.165, 1.54) is 16.7 Å². The molecule has 0 bridgehead atoms. The van der Waals surface area contributed by atoms with E-state index < -0.39 is 0 Å². The molecule has 0 saturated carbocycles. The number of hydrogen-bond acceptors (Lipinski definition) is 1. The Morgan fingerprint density at radius 1 is 0.905 bits per heavy atom. The maximum atomic E-state index is 12.6. The molecule has 0 N–H and O–H groups in total. The van der Waals surface area contributed by atoms with Gasteiger partial charge >= 0.3 is 0 Å². The van der Waals surface area contributed by atoms with Crippen LogP contribution >= 0.6 is 0 Å². The Hall–Kier alpha value is -2.61. The average Bonchev–Trinajstić information content (AvgIpc) is 2.87. The number of nitrogens with zero attached hydrogens (tertiary/aromatic N) is 1. The summed E-state index contributed by atoms with van der Waals surface area (Å²) >= 11 is 0. The van der Waals surface area contributed by atoms with Crippen molar-refractivity contribution < 1.29 is 0 Å². The van der Waals surface area contributed by atoms with Gasteiger partial charge < -0.3 is 0 Å². The van der Waals surface area contributed by atoms with Gasteiger partial charge in [-0.05, 0) is 36.2 Å². The molecule has 3 aromatic rings. The second-order valence-corrected chi connectivity index (χ2v) is 5.50. The number of aromatic nitrogens is 1. The van der Waals surface area contributed by atoms with E-state index in [1.807, 2.05) is 47.9 Å². The topological polar surface area (TPSA) is 22.0 Å². The number of benzene rings is 2. The number of para-hydroxylation sites is 1. The Morgan fingerprint density at radius 2 is 1.62 bits per heavy atom. The minimum absolute atomic E-state index is 0.0766. The van der Waals surface area contributed by atoms with Crippen LogP contribution in [0.15, 0.2) is 65.5 Å². The van der Waals surface area contributed by atoms with Gasteiger partial charge in [-0.2, -0.15) is 0 Å². The van der Waals surface area contributed by atoms with Crippen LogP contribution in [-0.2, 0) is 6.42 Å². The van der Waals surface area contributed by atoms with Crippen LogP contribution in [0, 0.1) is 6.92 Å². The molecule has 1 aliphatic carbocycles. The van der Waals surface area contributed by atoms with E-state index in [0.717, 1.165) is 23.4 Å². The predicted molar refractivity (Wildman–Crippen MR) is 85.0 cm³/mol. The first-order valence-electron chi connectivity index (χ1n) is 7.15. The highest BCUT2D eigenvalue weighted by molar-refractivity contribution is 5.76. The SMILES string of the molecule is Cc1cc2c(n(-c3ccccc3)c1=O)Cc1ccccc1-2. The molecule has 2 aromatic carbocycles. The molecular formula is C19H15NO. The lowest BCUT2D eigenvalue weighted by Crippen LogP contribution is -2.23. The van der Waals surface area contributed by atoms with E-state index in [0.29, 0.717) is 0 Å². The van der Waals surface area contributed by atoms with Crippen molar-refractivity contribution in [2.45, 2.75) is 13.3 Å². The highest BCUT2D eigenvalue weighted by Gasteiger charge is 2.23. The molecule has 0 fully saturated rings. The molecule has 0 amide bonds. The minimum Gasteiger partial charge on any atom is -0.280 e. The van der Waals surface area contributed by atoms with Gasteiger partial charge in [0.05, 0.1) is 0 Å². The normalized spacial score (nSPS) is 12.0. The van der Waals surface area contributed by atoms with Crippen LogP contribution in [0.5, 0.6) is 0 Å². The Balaban J connectivity index is 2.07. The van der Waals surface area contributed by atoms with E-state index in [9.17, 15) is 4.79 Å². The molecular weight excluding hydrogens is 258 g/mol. The number of aryl methyl sites for hydroxylation is 1. The summed E-state index contributed by atoms with van der Waals surface area (Å²) in [6.07, 6.45) is 0.815. The van der Waals surface area contributed by atoms with Crippen molar-refractivity contribution in [1.29, 1.82) is 0 Å². The average molecular weight is 273 g/mol. The van der Waals surface area contributed by atoms with Crippen LogP contribution in [0.2, 0.25) is 0 Å². The molecule has 1 aromatic heterocycles. The van der Waals surface area contributed by atoms with Gasteiger partial charge in [-0.3, -0.25) is 9.36 Å². The Labute approximate surface area is 123 Å². The summed E-state index contributed by atoms with van der Waals surface area (Å²) in [4.78, 5) is 12.6. The second-order valence-electron chi connectivity index (χ2n) is 5.50. The molecule has 2 heteroatoms. The summed E-state index contributed by atoms with van der Waals surface area (Å²) in [5.74, 6) is 0. The molecule has 0 radical (unpaired) electrons. The van der Waals surface area contributed by atoms with Crippen molar-refractivity contribution in [2.24, 2.45) is 0 Å². The standard InChI is InChI=1S/C19H15NO/c1-13-11-17-16-10-6-5-7-14(16)12-18(17)20(19(13)21)15-8-3-2-4-9-15/h2-11H,12H2,1H3. The van der Waals surface area contributed by atoms with Crippen LogP contribution in [0.3, 0.4) is 0 Å². The second kappa shape index (κ2) is 4.45. The molecule has 4 rings (SSSR count). The third kappa shape index (κ3) is 1.76. The van der Waals surface area contributed by atoms with Crippen LogP contribution < -0.4 is 5.56 Å². The lowest BCUT2D eigenvalue weighted by molar-refractivity contribution is 0.900. The lowest BCUT2D eigenvalue weighted by Gasteiger charge is -2.13. The Morgan fingerprint density at radius 3 is 2.43 bits per heavy atom. The summed E-state index contributed by atoms with van der Waals surface area (Å²) in [5.41, 5.74) is 6.63. The number of hydrogen-bond donors (Lipinski definition) is 0. The predicted octanol–water partition coefficient (Wildman–Crippen LogP) is 3.72. The van der Waals surface area contributed by atoms with Gasteiger partial charge in [-0.15, -0.1) is 0 Å². The maximum absolute atomic E-state index is 12.6. The van der Waals surface area contributed by atoms with Crippen LogP contribution in [0.25, 0.3) is 16.8 Å². The molecule has 21 heavy (non-hydrogen) atoms. The zero-order valence-electron chi connectivity index (χ0n) is 11.8. The zero-order chi connectivity index (χ0) is 14.4. The van der Waals surface area contributed by atoms with Gasteiger partial charge in [-0.1, -0.05) is 42.5 Å². The van der Waals surface area contributed by atoms with Crippen molar-refractivity contribution in [2.75, 3.05) is 0 Å². The number of rotatable bonds is 1. The van der Waals surface area contributed by atoms with Crippen molar-refractivity contribution in [1.82, 2.24) is 4.57 Å². The summed E-state index contributed by atoms with van der Waals surface area (Å²) in [7, 11) is 0. The van der Waals surface area contributed by atoms with Crippen LogP contribution in [0.1, 0.15) is 16.8 Å². The third-order valence-electron chi connectivity index (χ3n) is 4.16. The van der Waals surface area contributed by atoms with E-state index >= 15 is 0 Å². The van der Waals surface area contributed by atoms with Gasteiger partial charge in [0.2, 0.25) is 0 Å². The fraction of sp³-hybridized carbons (Fsp3) is 0.105. The first-order chi connectivity index (χ1) is 10.3. The van der Waals surface area contributed by atoms with Gasteiger partial charge in [0, 0.05) is 28.9 Å². The van der Waals surface area contributed by atoms with Gasteiger partial charge in [0.25, 0.3) is 5.56 Å². The maximum Gasteiger partial charge on any atom is 0.258 e. The summed E-state index contributed by atoms with van der Waals surface area (Å²) in [5, 5.41) is 0. The fourth-order valence-electron chi connectivity index (χ4n) is 3.16. The molecule has 1 aliphatic rings. The van der Waals surface area contributed by atoms with E-state index in [2.05, 4.69) is 24.3 Å². The molecule has 0 aliphatic heterocycles. The van der Waals surface area contributed by atoms with Crippen LogP contribution in [-0.4, -0.2) is 4.57 Å². The summed E-state index contributed by atoms with van der Waals surface area (Å²) in [6.45, 7) is 1.89. The Kier molecular flexibility index (Phi) is 2.58. The van der Waals surface area contributed by atoms with Crippen molar-refractivity contribution in [3.8, 4) is 16.8 Å². The molecule has 102 valence electrons. The molecule has 1 heterocycles. The highest BCUT2D eigenvalue weighted by Crippen LogP contribution is 2.36. The lowest BCUT2D eigenvalue weighted by atomic mass is 10.1. The number of pyridine rings is 1. The van der Waals surface area contributed by atoms with Crippen molar-refractivity contribution in [3.05, 3.63) is 87.8 Å². The summed E-state index contributed by atoms with van der Waals surface area (Å²) in [6, 6.07) is 20.3. The fourth-order valence-corrected chi connectivity index (χ4v) is 3.16. The molecule has 0 spiro atoms. The largest absolute Gasteiger partial charge is 0.280 e. The van der Waals surface area contributed by atoms with E-state index in [1.54, 1.807) is 0 Å². The molecule has 0 saturated heterocycles. The monoisotopic (exact) mass is 273 g/mol. The quantitative estimate of drug-likeness (QED) is 0.518. The number of fused-ring (bicyclic) bond motifs is 3. The van der Waals surface area contributed by atoms with Gasteiger partial charge in [0.1, 0.15) is 0 Å². The minimum atomic E-state index is 0.0766.